The molecule has 1 aromatic heterocycles. The average molecular weight is 532 g/mol. The third kappa shape index (κ3) is 4.58. The van der Waals surface area contributed by atoms with Gasteiger partial charge in [-0.15, -0.1) is 0 Å². The number of nitrogens with zero attached hydrogens (tertiary/aromatic N) is 3. The molecule has 1 fully saturated rings. The van der Waals surface area contributed by atoms with Crippen molar-refractivity contribution >= 4 is 57.5 Å². The second kappa shape index (κ2) is 9.47. The summed E-state index contributed by atoms with van der Waals surface area (Å²) in [7, 11) is 2.10. The van der Waals surface area contributed by atoms with Gasteiger partial charge in [-0.3, -0.25) is 9.78 Å². The molecule has 3 aromatic rings. The summed E-state index contributed by atoms with van der Waals surface area (Å²) in [4.78, 5) is 20.5. The first-order chi connectivity index (χ1) is 17.6. The van der Waals surface area contributed by atoms with Crippen LogP contribution in [0.1, 0.15) is 56.6 Å². The molecule has 1 saturated heterocycles. The van der Waals surface area contributed by atoms with Crippen LogP contribution >= 0.6 is 23.8 Å². The number of benzene rings is 2. The minimum Gasteiger partial charge on any atom is -0.365 e. The lowest BCUT2D eigenvalue weighted by molar-refractivity contribution is -0.114. The maximum absolute atomic E-state index is 11.5. The summed E-state index contributed by atoms with van der Waals surface area (Å²) in [5.74, 6) is -0.114. The minimum absolute atomic E-state index is 0.114. The molecule has 0 saturated carbocycles. The van der Waals surface area contributed by atoms with Gasteiger partial charge in [-0.25, -0.2) is 0 Å². The number of rotatable bonds is 4. The van der Waals surface area contributed by atoms with Crippen LogP contribution in [0.2, 0.25) is 5.02 Å². The first-order valence-electron chi connectivity index (χ1n) is 12.2. The van der Waals surface area contributed by atoms with E-state index in [0.717, 1.165) is 33.9 Å². The van der Waals surface area contributed by atoms with Gasteiger partial charge in [-0.05, 0) is 92.7 Å². The molecule has 5 rings (SSSR count). The van der Waals surface area contributed by atoms with Crippen molar-refractivity contribution in [3.63, 3.8) is 0 Å². The number of hydrogen-bond acceptors (Lipinski definition) is 4. The van der Waals surface area contributed by atoms with Gasteiger partial charge in [0.2, 0.25) is 5.91 Å². The molecule has 3 heterocycles. The number of carbonyl (C=O) groups excluding carboxylic acids is 1. The van der Waals surface area contributed by atoms with Gasteiger partial charge in [0, 0.05) is 47.8 Å². The number of amides is 1. The van der Waals surface area contributed by atoms with Crippen molar-refractivity contribution in [3.05, 3.63) is 88.7 Å². The highest BCUT2D eigenvalue weighted by atomic mass is 35.5. The third-order valence-corrected chi connectivity index (χ3v) is 7.86. The van der Waals surface area contributed by atoms with E-state index in [-0.39, 0.29) is 23.5 Å². The van der Waals surface area contributed by atoms with Crippen LogP contribution in [0.4, 0.5) is 17.1 Å². The molecule has 2 aromatic carbocycles. The molecule has 0 unspecified atom stereocenters. The number of thiocarbonyl (C=S) groups is 1. The van der Waals surface area contributed by atoms with Crippen molar-refractivity contribution in [1.82, 2.24) is 10.3 Å². The molecular weight excluding hydrogens is 502 g/mol. The van der Waals surface area contributed by atoms with E-state index in [1.807, 2.05) is 42.5 Å². The van der Waals surface area contributed by atoms with Crippen LogP contribution < -0.4 is 20.4 Å². The molecule has 37 heavy (non-hydrogen) atoms. The van der Waals surface area contributed by atoms with Crippen LogP contribution in [0.3, 0.4) is 0 Å². The maximum atomic E-state index is 11.5. The van der Waals surface area contributed by atoms with Crippen LogP contribution in [0, 0.1) is 0 Å². The van der Waals surface area contributed by atoms with Crippen molar-refractivity contribution in [1.29, 1.82) is 0 Å². The number of anilines is 3. The van der Waals surface area contributed by atoms with Gasteiger partial charge in [0.15, 0.2) is 5.11 Å². The normalized spacial score (nSPS) is 20.3. The zero-order chi connectivity index (χ0) is 26.5. The van der Waals surface area contributed by atoms with E-state index < -0.39 is 0 Å². The fraction of sp³-hybridized carbons (Fsp3) is 0.276. The Labute approximate surface area is 228 Å². The summed E-state index contributed by atoms with van der Waals surface area (Å²) in [5.41, 5.74) is 6.83. The second-order valence-corrected chi connectivity index (χ2v) is 10.9. The summed E-state index contributed by atoms with van der Waals surface area (Å²) in [6.07, 6.45) is 4.08. The molecule has 2 aliphatic heterocycles. The monoisotopic (exact) mass is 531 g/mol. The second-order valence-electron chi connectivity index (χ2n) is 10.2. The van der Waals surface area contributed by atoms with Crippen LogP contribution in [-0.4, -0.2) is 28.6 Å². The Morgan fingerprint density at radius 2 is 1.89 bits per heavy atom. The predicted octanol–water partition coefficient (Wildman–Crippen LogP) is 6.50. The summed E-state index contributed by atoms with van der Waals surface area (Å²) in [6.45, 7) is 8.04. The summed E-state index contributed by atoms with van der Waals surface area (Å²) in [5, 5.41) is 7.58. The van der Waals surface area contributed by atoms with Gasteiger partial charge >= 0.3 is 0 Å². The van der Waals surface area contributed by atoms with Gasteiger partial charge in [0.1, 0.15) is 0 Å². The van der Waals surface area contributed by atoms with Gasteiger partial charge in [0.05, 0.1) is 23.3 Å². The number of pyridine rings is 1. The lowest BCUT2D eigenvalue weighted by Gasteiger charge is -2.41. The highest BCUT2D eigenvalue weighted by Gasteiger charge is 2.42. The lowest BCUT2D eigenvalue weighted by Crippen LogP contribution is -2.42. The predicted molar refractivity (Wildman–Crippen MR) is 156 cm³/mol. The SMILES string of the molecule is CC(=O)Nc1ccc(N2C(=S)N[C@@H](c3ccccn3)[C@@H]2c2cc3c(cc2Cl)N(C)C(C)(C)C=C3C)cc1. The van der Waals surface area contributed by atoms with Crippen LogP contribution in [-0.2, 0) is 4.79 Å². The number of likely N-dealkylation sites (N-methyl/N-ethyl adjacent to an activating group) is 1. The number of fused-ring (bicyclic) bond motifs is 1. The van der Waals surface area contributed by atoms with Crippen molar-refractivity contribution in [2.75, 3.05) is 22.2 Å². The molecule has 1 amide bonds. The molecule has 0 spiro atoms. The first kappa shape index (κ1) is 25.2. The molecule has 2 aliphatic rings. The minimum atomic E-state index is -0.236. The van der Waals surface area contributed by atoms with Gasteiger partial charge in [0.25, 0.3) is 0 Å². The quantitative estimate of drug-likeness (QED) is 0.375. The molecular formula is C29H30ClN5OS. The van der Waals surface area contributed by atoms with Gasteiger partial charge in [-0.2, -0.15) is 0 Å². The topological polar surface area (TPSA) is 60.5 Å². The summed E-state index contributed by atoms with van der Waals surface area (Å²) >= 11 is 12.9. The van der Waals surface area contributed by atoms with Crippen molar-refractivity contribution in [2.45, 2.75) is 45.3 Å². The van der Waals surface area contributed by atoms with E-state index in [1.165, 1.54) is 12.5 Å². The summed E-state index contributed by atoms with van der Waals surface area (Å²) < 4.78 is 0. The van der Waals surface area contributed by atoms with Gasteiger partial charge < -0.3 is 20.4 Å². The number of carbonyl (C=O) groups is 1. The Morgan fingerprint density at radius 3 is 2.54 bits per heavy atom. The molecule has 2 atom stereocenters. The van der Waals surface area contributed by atoms with E-state index in [4.69, 9.17) is 23.8 Å². The van der Waals surface area contributed by atoms with Gasteiger partial charge in [-0.1, -0.05) is 23.7 Å². The van der Waals surface area contributed by atoms with Crippen molar-refractivity contribution in [2.24, 2.45) is 0 Å². The zero-order valence-corrected chi connectivity index (χ0v) is 23.1. The Morgan fingerprint density at radius 1 is 1.16 bits per heavy atom. The molecule has 2 N–H and O–H groups in total. The molecule has 0 aliphatic carbocycles. The van der Waals surface area contributed by atoms with E-state index in [0.29, 0.717) is 10.1 Å². The fourth-order valence-electron chi connectivity index (χ4n) is 5.27. The smallest absolute Gasteiger partial charge is 0.221 e. The van der Waals surface area contributed by atoms with Crippen LogP contribution in [0.25, 0.3) is 5.57 Å². The zero-order valence-electron chi connectivity index (χ0n) is 21.5. The van der Waals surface area contributed by atoms with Crippen molar-refractivity contribution in [3.8, 4) is 0 Å². The van der Waals surface area contributed by atoms with E-state index in [2.05, 4.69) is 71.4 Å². The van der Waals surface area contributed by atoms with Crippen LogP contribution in [0.5, 0.6) is 0 Å². The number of hydrogen-bond donors (Lipinski definition) is 2. The Hall–Kier alpha value is -3.42. The number of nitrogens with one attached hydrogen (secondary N) is 2. The average Bonchev–Trinajstić information content (AvgIpc) is 3.19. The fourth-order valence-corrected chi connectivity index (χ4v) is 5.89. The highest BCUT2D eigenvalue weighted by molar-refractivity contribution is 7.80. The van der Waals surface area contributed by atoms with Crippen molar-refractivity contribution < 1.29 is 4.79 Å². The highest BCUT2D eigenvalue weighted by Crippen LogP contribution is 2.47. The van der Waals surface area contributed by atoms with Crippen LogP contribution in [0.15, 0.2) is 66.9 Å². The Kier molecular flexibility index (Phi) is 6.46. The third-order valence-electron chi connectivity index (χ3n) is 7.22. The first-order valence-corrected chi connectivity index (χ1v) is 13.0. The standard InChI is InChI=1S/C29H30ClN5OS/c1-17-16-29(3,4)34(5)25-15-23(30)22(14-21(17)25)27-26(24-8-6-7-13-31-24)33-28(37)35(27)20-11-9-19(10-12-20)32-18(2)36/h6-16,26-27H,1-5H3,(H,32,36)(H,33,37)/t26-,27-/m0/s1. The Balaban J connectivity index is 1.65. The molecule has 6 nitrogen and oxygen atoms in total. The largest absolute Gasteiger partial charge is 0.365 e. The van der Waals surface area contributed by atoms with E-state index in [9.17, 15) is 4.79 Å². The number of allylic oxidation sites excluding steroid dienone is 1. The molecule has 8 heteroatoms. The van der Waals surface area contributed by atoms with E-state index >= 15 is 0 Å². The summed E-state index contributed by atoms with van der Waals surface area (Å²) in [6, 6.07) is 17.4. The molecule has 190 valence electrons. The number of halogens is 1. The molecule has 0 bridgehead atoms. The molecule has 0 radical (unpaired) electrons. The lowest BCUT2D eigenvalue weighted by atomic mass is 9.86. The number of aromatic nitrogens is 1. The van der Waals surface area contributed by atoms with E-state index in [1.54, 1.807) is 6.20 Å². The Bertz CT molecular complexity index is 1400. The maximum Gasteiger partial charge on any atom is 0.221 e.